The summed E-state index contributed by atoms with van der Waals surface area (Å²) in [5.74, 6) is -4.51. The molecule has 8 nitrogen and oxygen atoms in total. The van der Waals surface area contributed by atoms with E-state index in [0.29, 0.717) is 34.5 Å². The largest absolute Gasteiger partial charge is 0.492 e. The molecule has 2 atom stereocenters. The number of nitriles is 3. The molecule has 0 radical (unpaired) electrons. The average molecular weight is 1530 g/mol. The molecule has 4 aliphatic rings. The summed E-state index contributed by atoms with van der Waals surface area (Å²) in [6.45, 7) is 25.9. The number of unbranched alkanes of at least 4 members (excludes halogenated alkanes) is 2. The van der Waals surface area contributed by atoms with Crippen molar-refractivity contribution in [3.05, 3.63) is 314 Å². The number of fused-ring (bicyclic) bond motifs is 8. The molecule has 15 rings (SSSR count). The van der Waals surface area contributed by atoms with Crippen molar-refractivity contribution < 1.29 is 36.6 Å². The van der Waals surface area contributed by atoms with Crippen molar-refractivity contribution in [1.29, 1.82) is 15.8 Å². The normalized spacial score (nSPS) is 15.7. The highest BCUT2D eigenvalue weighted by molar-refractivity contribution is 7.25. The summed E-state index contributed by atoms with van der Waals surface area (Å²) in [4.78, 5) is 39.2. The van der Waals surface area contributed by atoms with E-state index in [1.54, 1.807) is 34.8 Å². The molecule has 0 fully saturated rings. The Hall–Kier alpha value is -11.1. The third-order valence-corrected chi connectivity index (χ3v) is 27.1. The second-order valence-electron chi connectivity index (χ2n) is 29.1. The molecule has 546 valence electrons. The Morgan fingerprint density at radius 3 is 1.15 bits per heavy atom. The molecule has 0 aliphatic heterocycles. The standard InChI is InChI=1S/C94H74F4N4O4S4/c1-10-14-16-55(12-3)49-105-81-36-62(34-70-85(57(46-99)47-100)64-40-76(95)78(97)42-66(64)87(70)103)107-91(81)83-44-74-89(109-83)68-38-73-69(39-72(68)93(74,58-26-18-51(5)19-27-58)59-28-20-52(6)21-29-59)90-75(94(73,60-30-22-53(7)23-31-60)61-32-24-54(8)25-33-61)45-84(110-90)92-82(106-50-56(13-4)17-15-11-2)37-63(108-92)35-71-86(80(48-101)102-9)65-41-77(96)79(98)43-67(65)88(71)104/h18-45,55-56H,10-17,49-50H2,1-8H3/b70-34-,71-35-,86-80+. The number of hydrogen-bond acceptors (Lipinski definition) is 11. The lowest BCUT2D eigenvalue weighted by Gasteiger charge is -2.35. The second-order valence-corrected chi connectivity index (χ2v) is 33.3. The van der Waals surface area contributed by atoms with Gasteiger partial charge in [0.25, 0.3) is 5.70 Å². The lowest BCUT2D eigenvalue weighted by atomic mass is 9.65. The van der Waals surface area contributed by atoms with E-state index in [-0.39, 0.29) is 56.4 Å². The van der Waals surface area contributed by atoms with Gasteiger partial charge in [-0.05, 0) is 192 Å². The number of rotatable bonds is 22. The Bertz CT molecular complexity index is 5450. The van der Waals surface area contributed by atoms with E-state index in [2.05, 4.69) is 182 Å². The van der Waals surface area contributed by atoms with Gasteiger partial charge in [0.1, 0.15) is 29.2 Å². The fraction of sp³-hybridized carbons (Fsp3) is 0.234. The van der Waals surface area contributed by atoms with Crippen LogP contribution in [0.25, 0.3) is 68.5 Å². The van der Waals surface area contributed by atoms with Gasteiger partial charge in [-0.25, -0.2) is 27.7 Å². The lowest BCUT2D eigenvalue weighted by Crippen LogP contribution is -2.30. The van der Waals surface area contributed by atoms with Crippen LogP contribution in [0.1, 0.15) is 187 Å². The minimum Gasteiger partial charge on any atom is -0.492 e. The van der Waals surface area contributed by atoms with E-state index >= 15 is 17.6 Å². The summed E-state index contributed by atoms with van der Waals surface area (Å²) in [6.07, 6.45) is 11.0. The van der Waals surface area contributed by atoms with Gasteiger partial charge in [-0.15, -0.1) is 45.3 Å². The van der Waals surface area contributed by atoms with Crippen molar-refractivity contribution in [2.24, 2.45) is 11.8 Å². The number of ketones is 2. The summed E-state index contributed by atoms with van der Waals surface area (Å²) in [6, 6.07) is 57.7. The number of aryl methyl sites for hydroxylation is 4. The minimum atomic E-state index is -1.22. The predicted molar refractivity (Wildman–Crippen MR) is 435 cm³/mol. The summed E-state index contributed by atoms with van der Waals surface area (Å²) >= 11 is 6.14. The topological polar surface area (TPSA) is 128 Å². The molecule has 110 heavy (non-hydrogen) atoms. The van der Waals surface area contributed by atoms with Crippen LogP contribution in [0.15, 0.2) is 180 Å². The van der Waals surface area contributed by atoms with Crippen LogP contribution in [0.4, 0.5) is 17.6 Å². The molecule has 7 aromatic carbocycles. The number of thiophene rings is 4. The Morgan fingerprint density at radius 1 is 0.455 bits per heavy atom. The smallest absolute Gasteiger partial charge is 0.270 e. The molecular weight excluding hydrogens is 1450 g/mol. The van der Waals surface area contributed by atoms with Crippen LogP contribution in [-0.4, -0.2) is 24.8 Å². The van der Waals surface area contributed by atoms with Crippen molar-refractivity contribution in [3.8, 4) is 70.1 Å². The molecule has 0 amide bonds. The van der Waals surface area contributed by atoms with Crippen LogP contribution in [0.3, 0.4) is 0 Å². The van der Waals surface area contributed by atoms with Gasteiger partial charge in [0.15, 0.2) is 34.8 Å². The van der Waals surface area contributed by atoms with Crippen LogP contribution < -0.4 is 9.47 Å². The Morgan fingerprint density at radius 2 is 0.809 bits per heavy atom. The number of carbonyl (C=O) groups is 2. The van der Waals surface area contributed by atoms with Crippen molar-refractivity contribution in [3.63, 3.8) is 0 Å². The van der Waals surface area contributed by atoms with Crippen molar-refractivity contribution in [1.82, 2.24) is 0 Å². The van der Waals surface area contributed by atoms with E-state index in [9.17, 15) is 25.4 Å². The van der Waals surface area contributed by atoms with E-state index in [0.717, 1.165) is 183 Å². The van der Waals surface area contributed by atoms with Crippen LogP contribution in [0.2, 0.25) is 0 Å². The first-order chi connectivity index (χ1) is 53.2. The van der Waals surface area contributed by atoms with Crippen LogP contribution in [0, 0.1) is 103 Å². The summed E-state index contributed by atoms with van der Waals surface area (Å²) in [7, 11) is 0. The zero-order valence-corrected chi connectivity index (χ0v) is 65.2. The highest BCUT2D eigenvalue weighted by atomic mass is 32.1. The Balaban J connectivity index is 0.988. The number of allylic oxidation sites excluding steroid dienone is 6. The van der Waals surface area contributed by atoms with Crippen LogP contribution >= 0.6 is 45.3 Å². The summed E-state index contributed by atoms with van der Waals surface area (Å²) in [5.41, 5.74) is 11.6. The molecular formula is C94H74F4N4O4S4. The third-order valence-electron chi connectivity index (χ3n) is 22.3. The molecule has 0 saturated carbocycles. The molecule has 0 N–H and O–H groups in total. The molecule has 16 heteroatoms. The van der Waals surface area contributed by atoms with E-state index in [1.165, 1.54) is 22.7 Å². The molecule has 4 heterocycles. The summed E-state index contributed by atoms with van der Waals surface area (Å²) < 4.78 is 74.5. The number of Topliss-reactive ketones (excluding diaryl/α,β-unsaturated/α-hetero) is 2. The van der Waals surface area contributed by atoms with Gasteiger partial charge in [-0.3, -0.25) is 9.59 Å². The summed E-state index contributed by atoms with van der Waals surface area (Å²) in [5, 5.41) is 31.1. The fourth-order valence-corrected chi connectivity index (χ4v) is 21.2. The number of nitrogens with zero attached hydrogens (tertiary/aromatic N) is 4. The van der Waals surface area contributed by atoms with Gasteiger partial charge < -0.3 is 9.47 Å². The fourth-order valence-electron chi connectivity index (χ4n) is 16.4. The van der Waals surface area contributed by atoms with Crippen molar-refractivity contribution in [2.45, 2.75) is 118 Å². The minimum absolute atomic E-state index is 0.0198. The zero-order chi connectivity index (χ0) is 77.2. The van der Waals surface area contributed by atoms with Gasteiger partial charge in [-0.1, -0.05) is 186 Å². The van der Waals surface area contributed by atoms with Crippen LogP contribution in [0.5, 0.6) is 11.5 Å². The number of halogens is 4. The van der Waals surface area contributed by atoms with Gasteiger partial charge in [-0.2, -0.15) is 10.5 Å². The molecule has 4 aliphatic carbocycles. The molecule has 2 unspecified atom stereocenters. The van der Waals surface area contributed by atoms with Crippen molar-refractivity contribution in [2.75, 3.05) is 13.2 Å². The Labute approximate surface area is 654 Å². The van der Waals surface area contributed by atoms with E-state index in [1.807, 2.05) is 30.3 Å². The maximum Gasteiger partial charge on any atom is 0.270 e. The molecule has 11 aromatic rings. The second kappa shape index (κ2) is 30.1. The highest BCUT2D eigenvalue weighted by Crippen LogP contribution is 2.67. The number of carbonyl (C=O) groups excluding carboxylic acids is 2. The van der Waals surface area contributed by atoms with Gasteiger partial charge >= 0.3 is 0 Å². The zero-order valence-electron chi connectivity index (χ0n) is 62.0. The van der Waals surface area contributed by atoms with Crippen molar-refractivity contribution >= 4 is 80.2 Å². The first-order valence-corrected chi connectivity index (χ1v) is 40.4. The number of hydrogen-bond donors (Lipinski definition) is 0. The Kier molecular flexibility index (Phi) is 20.3. The first-order valence-electron chi connectivity index (χ1n) is 37.1. The molecule has 4 aromatic heterocycles. The number of benzene rings is 7. The maximum atomic E-state index is 15.2. The third kappa shape index (κ3) is 12.5. The molecule has 0 bridgehead atoms. The maximum absolute atomic E-state index is 15.2. The van der Waals surface area contributed by atoms with Crippen LogP contribution in [-0.2, 0) is 10.8 Å². The highest BCUT2D eigenvalue weighted by Gasteiger charge is 2.54. The van der Waals surface area contributed by atoms with Gasteiger partial charge in [0, 0.05) is 62.7 Å². The monoisotopic (exact) mass is 1530 g/mol. The van der Waals surface area contributed by atoms with Gasteiger partial charge in [0.05, 0.1) is 46.4 Å². The van der Waals surface area contributed by atoms with E-state index < -0.39 is 56.9 Å². The average Bonchev–Trinajstić information content (AvgIpc) is 1.50. The lowest BCUT2D eigenvalue weighted by molar-refractivity contribution is 0.103. The SMILES string of the molecule is [C-]#[N+]/C(C#N)=C1/C(=C/c2cc(OCC(CC)CCCC)c(-c3cc4c(s3)-c3cc5c(cc3C4(c3ccc(C)cc3)c3ccc(C)cc3)-c3sc(-c4sc(/C=C6\C(=O)c7cc(F)c(F)cc7C6=C(C#N)C#N)cc4OCC(CC)CCCC)cc3C5(c3ccc(C)cc3)c3ccc(C)cc3)s2)C(=O)c2cc(F)c(F)cc21. The first kappa shape index (κ1) is 74.4. The number of ether oxygens (including phenoxy) is 2. The van der Waals surface area contributed by atoms with E-state index in [4.69, 9.17) is 16.0 Å². The quantitative estimate of drug-likeness (QED) is 0.0286. The predicted octanol–water partition coefficient (Wildman–Crippen LogP) is 25.5. The molecule has 0 spiro atoms. The van der Waals surface area contributed by atoms with Gasteiger partial charge in [0.2, 0.25) is 0 Å². The molecule has 0 saturated heterocycles.